The zero-order valence-corrected chi connectivity index (χ0v) is 11.6. The van der Waals surface area contributed by atoms with Gasteiger partial charge in [-0.25, -0.2) is 0 Å². The monoisotopic (exact) mass is 301 g/mol. The van der Waals surface area contributed by atoms with E-state index in [2.05, 4.69) is 15.5 Å². The SMILES string of the molecule is O=C(Nc1ccc2[nH]ncc2c1)C(O)c1ccc(Cl)cc1. The summed E-state index contributed by atoms with van der Waals surface area (Å²) in [5.41, 5.74) is 1.97. The normalized spacial score (nSPS) is 12.3. The van der Waals surface area contributed by atoms with Crippen molar-refractivity contribution >= 4 is 34.1 Å². The number of aromatic nitrogens is 2. The lowest BCUT2D eigenvalue weighted by Gasteiger charge is -2.12. The number of halogens is 1. The largest absolute Gasteiger partial charge is 0.378 e. The van der Waals surface area contributed by atoms with Gasteiger partial charge in [0, 0.05) is 16.1 Å². The molecule has 2 aromatic carbocycles. The number of benzene rings is 2. The molecule has 0 saturated heterocycles. The highest BCUT2D eigenvalue weighted by Gasteiger charge is 2.17. The van der Waals surface area contributed by atoms with Crippen molar-refractivity contribution in [1.82, 2.24) is 10.2 Å². The van der Waals surface area contributed by atoms with Crippen LogP contribution in [0.1, 0.15) is 11.7 Å². The minimum absolute atomic E-state index is 0.487. The molecule has 106 valence electrons. The fraction of sp³-hybridized carbons (Fsp3) is 0.0667. The van der Waals surface area contributed by atoms with E-state index in [1.807, 2.05) is 6.07 Å². The van der Waals surface area contributed by atoms with Crippen molar-refractivity contribution in [1.29, 1.82) is 0 Å². The van der Waals surface area contributed by atoms with Crippen LogP contribution in [0, 0.1) is 0 Å². The van der Waals surface area contributed by atoms with Crippen LogP contribution in [0.25, 0.3) is 10.9 Å². The Kier molecular flexibility index (Phi) is 3.60. The van der Waals surface area contributed by atoms with Gasteiger partial charge in [0.2, 0.25) is 0 Å². The van der Waals surface area contributed by atoms with E-state index in [4.69, 9.17) is 11.6 Å². The number of hydrogen-bond acceptors (Lipinski definition) is 3. The van der Waals surface area contributed by atoms with Gasteiger partial charge >= 0.3 is 0 Å². The Morgan fingerprint density at radius 2 is 2.00 bits per heavy atom. The van der Waals surface area contributed by atoms with Gasteiger partial charge in [-0.05, 0) is 35.9 Å². The van der Waals surface area contributed by atoms with Gasteiger partial charge in [0.05, 0.1) is 11.7 Å². The number of aliphatic hydroxyl groups excluding tert-OH is 1. The summed E-state index contributed by atoms with van der Waals surface area (Å²) in [6.45, 7) is 0. The summed E-state index contributed by atoms with van der Waals surface area (Å²) in [4.78, 5) is 12.1. The highest BCUT2D eigenvalue weighted by molar-refractivity contribution is 6.30. The number of fused-ring (bicyclic) bond motifs is 1. The summed E-state index contributed by atoms with van der Waals surface area (Å²) in [7, 11) is 0. The molecule has 1 unspecified atom stereocenters. The van der Waals surface area contributed by atoms with E-state index < -0.39 is 12.0 Å². The molecule has 21 heavy (non-hydrogen) atoms. The number of aromatic amines is 1. The Morgan fingerprint density at radius 1 is 1.24 bits per heavy atom. The molecule has 0 saturated carbocycles. The van der Waals surface area contributed by atoms with Crippen LogP contribution in [-0.4, -0.2) is 21.2 Å². The Morgan fingerprint density at radius 3 is 2.76 bits per heavy atom. The fourth-order valence-electron chi connectivity index (χ4n) is 2.03. The van der Waals surface area contributed by atoms with Gasteiger partial charge in [-0.1, -0.05) is 23.7 Å². The zero-order chi connectivity index (χ0) is 14.8. The van der Waals surface area contributed by atoms with Crippen LogP contribution in [0.2, 0.25) is 5.02 Å². The first kappa shape index (κ1) is 13.6. The summed E-state index contributed by atoms with van der Waals surface area (Å²) in [6.07, 6.45) is 0.419. The van der Waals surface area contributed by atoms with Crippen LogP contribution >= 0.6 is 11.6 Å². The van der Waals surface area contributed by atoms with Gasteiger partial charge in [-0.2, -0.15) is 5.10 Å². The smallest absolute Gasteiger partial charge is 0.257 e. The van der Waals surface area contributed by atoms with Crippen molar-refractivity contribution in [2.45, 2.75) is 6.10 Å². The lowest BCUT2D eigenvalue weighted by Crippen LogP contribution is -2.20. The first-order chi connectivity index (χ1) is 10.1. The third-order valence-electron chi connectivity index (χ3n) is 3.14. The molecule has 3 N–H and O–H groups in total. The van der Waals surface area contributed by atoms with Gasteiger partial charge in [-0.15, -0.1) is 0 Å². The number of rotatable bonds is 3. The molecule has 0 aliphatic rings. The Labute approximate surface area is 125 Å². The van der Waals surface area contributed by atoms with Crippen molar-refractivity contribution in [2.75, 3.05) is 5.32 Å². The van der Waals surface area contributed by atoms with E-state index >= 15 is 0 Å². The third kappa shape index (κ3) is 2.89. The van der Waals surface area contributed by atoms with Crippen LogP contribution in [0.4, 0.5) is 5.69 Å². The highest BCUT2D eigenvalue weighted by atomic mass is 35.5. The number of nitrogens with zero attached hydrogens (tertiary/aromatic N) is 1. The molecule has 1 aromatic heterocycles. The Balaban J connectivity index is 1.77. The molecule has 0 aliphatic heterocycles. The molecule has 0 spiro atoms. The molecule has 1 heterocycles. The summed E-state index contributed by atoms with van der Waals surface area (Å²) in [5.74, 6) is -0.500. The van der Waals surface area contributed by atoms with Crippen LogP contribution in [0.15, 0.2) is 48.7 Å². The molecule has 0 fully saturated rings. The van der Waals surface area contributed by atoms with Crippen LogP contribution in [0.5, 0.6) is 0 Å². The van der Waals surface area contributed by atoms with E-state index in [-0.39, 0.29) is 0 Å². The van der Waals surface area contributed by atoms with Gasteiger partial charge in [-0.3, -0.25) is 9.89 Å². The summed E-state index contributed by atoms with van der Waals surface area (Å²) < 4.78 is 0. The maximum absolute atomic E-state index is 12.1. The molecule has 0 bridgehead atoms. The summed E-state index contributed by atoms with van der Waals surface area (Å²) in [6, 6.07) is 11.8. The second-order valence-corrected chi connectivity index (χ2v) is 5.05. The predicted molar refractivity (Wildman–Crippen MR) is 81.1 cm³/mol. The second-order valence-electron chi connectivity index (χ2n) is 4.62. The molecule has 3 aromatic rings. The molecule has 0 aliphatic carbocycles. The zero-order valence-electron chi connectivity index (χ0n) is 10.9. The lowest BCUT2D eigenvalue weighted by atomic mass is 10.1. The fourth-order valence-corrected chi connectivity index (χ4v) is 2.15. The number of anilines is 1. The Hall–Kier alpha value is -2.37. The maximum Gasteiger partial charge on any atom is 0.257 e. The third-order valence-corrected chi connectivity index (χ3v) is 3.39. The maximum atomic E-state index is 12.1. The first-order valence-electron chi connectivity index (χ1n) is 6.31. The number of H-pyrrole nitrogens is 1. The first-order valence-corrected chi connectivity index (χ1v) is 6.69. The van der Waals surface area contributed by atoms with E-state index in [0.29, 0.717) is 16.3 Å². The number of aliphatic hydroxyl groups is 1. The number of nitrogens with one attached hydrogen (secondary N) is 2. The topological polar surface area (TPSA) is 78.0 Å². The molecular formula is C15H12ClN3O2. The average Bonchev–Trinajstić information content (AvgIpc) is 2.95. The minimum atomic E-state index is -1.25. The number of hydrogen-bond donors (Lipinski definition) is 3. The molecule has 0 radical (unpaired) electrons. The van der Waals surface area contributed by atoms with Gasteiger partial charge in [0.15, 0.2) is 6.10 Å². The minimum Gasteiger partial charge on any atom is -0.378 e. The van der Waals surface area contributed by atoms with Crippen molar-refractivity contribution in [3.63, 3.8) is 0 Å². The lowest BCUT2D eigenvalue weighted by molar-refractivity contribution is -0.124. The summed E-state index contributed by atoms with van der Waals surface area (Å²) >= 11 is 5.78. The van der Waals surface area contributed by atoms with Crippen molar-refractivity contribution in [2.24, 2.45) is 0 Å². The van der Waals surface area contributed by atoms with Crippen molar-refractivity contribution in [3.05, 3.63) is 59.2 Å². The van der Waals surface area contributed by atoms with Crippen LogP contribution in [-0.2, 0) is 4.79 Å². The van der Waals surface area contributed by atoms with E-state index in [9.17, 15) is 9.90 Å². The summed E-state index contributed by atoms with van der Waals surface area (Å²) in [5, 5.41) is 20.9. The second kappa shape index (κ2) is 5.55. The molecular weight excluding hydrogens is 290 g/mol. The van der Waals surface area contributed by atoms with E-state index in [1.165, 1.54) is 0 Å². The standard InChI is InChI=1S/C15H12ClN3O2/c16-11-3-1-9(2-4-11)14(20)15(21)18-12-5-6-13-10(7-12)8-17-19-13/h1-8,14,20H,(H,17,19)(H,18,21). The van der Waals surface area contributed by atoms with Crippen molar-refractivity contribution < 1.29 is 9.90 Å². The highest BCUT2D eigenvalue weighted by Crippen LogP contribution is 2.20. The van der Waals surface area contributed by atoms with Gasteiger partial charge in [0.25, 0.3) is 5.91 Å². The average molecular weight is 302 g/mol. The molecule has 6 heteroatoms. The van der Waals surface area contributed by atoms with Crippen LogP contribution in [0.3, 0.4) is 0 Å². The molecule has 1 atom stereocenters. The quantitative estimate of drug-likeness (QED) is 0.696. The predicted octanol–water partition coefficient (Wildman–Crippen LogP) is 2.89. The van der Waals surface area contributed by atoms with E-state index in [1.54, 1.807) is 42.6 Å². The van der Waals surface area contributed by atoms with Crippen LogP contribution < -0.4 is 5.32 Å². The van der Waals surface area contributed by atoms with Crippen molar-refractivity contribution in [3.8, 4) is 0 Å². The Bertz CT molecular complexity index is 783. The van der Waals surface area contributed by atoms with Gasteiger partial charge in [0.1, 0.15) is 0 Å². The van der Waals surface area contributed by atoms with Gasteiger partial charge < -0.3 is 10.4 Å². The number of carbonyl (C=O) groups is 1. The number of amides is 1. The molecule has 1 amide bonds. The molecule has 3 rings (SSSR count). The molecule has 5 nitrogen and oxygen atoms in total. The number of carbonyl (C=O) groups excluding carboxylic acids is 1. The van der Waals surface area contributed by atoms with E-state index in [0.717, 1.165) is 10.9 Å².